The summed E-state index contributed by atoms with van der Waals surface area (Å²) in [5.41, 5.74) is 5.40. The molecule has 2 aliphatic rings. The lowest BCUT2D eigenvalue weighted by atomic mass is 9.64. The van der Waals surface area contributed by atoms with Crippen LogP contribution in [-0.4, -0.2) is 29.2 Å². The maximum absolute atomic E-state index is 12.3. The van der Waals surface area contributed by atoms with E-state index in [0.717, 1.165) is 19.3 Å². The number of carbonyl (C=O) groups is 1. The molecule has 4 unspecified atom stereocenters. The highest BCUT2D eigenvalue weighted by molar-refractivity contribution is 5.84. The molecule has 0 heterocycles. The Morgan fingerprint density at radius 1 is 1.41 bits per heavy atom. The van der Waals surface area contributed by atoms with Crippen LogP contribution in [0, 0.1) is 10.8 Å². The SMILES string of the molecule is CC1(C(=O)NC2CC(O)C2(C)C)CCCC1N. The van der Waals surface area contributed by atoms with Crippen molar-refractivity contribution in [2.24, 2.45) is 16.6 Å². The third-order valence-corrected chi connectivity index (χ3v) is 5.07. The summed E-state index contributed by atoms with van der Waals surface area (Å²) >= 11 is 0. The van der Waals surface area contributed by atoms with Crippen LogP contribution in [0.3, 0.4) is 0 Å². The van der Waals surface area contributed by atoms with Crippen LogP contribution >= 0.6 is 0 Å². The Hall–Kier alpha value is -0.610. The van der Waals surface area contributed by atoms with E-state index in [1.807, 2.05) is 20.8 Å². The molecule has 0 aromatic rings. The first kappa shape index (κ1) is 12.8. The molecule has 2 aliphatic carbocycles. The zero-order valence-electron chi connectivity index (χ0n) is 11.0. The smallest absolute Gasteiger partial charge is 0.227 e. The van der Waals surface area contributed by atoms with Crippen LogP contribution in [0.1, 0.15) is 46.5 Å². The second-order valence-electron chi connectivity index (χ2n) is 6.52. The molecule has 0 radical (unpaired) electrons. The number of nitrogens with one attached hydrogen (secondary N) is 1. The van der Waals surface area contributed by atoms with Gasteiger partial charge in [0.15, 0.2) is 0 Å². The normalized spacial score (nSPS) is 44.2. The third kappa shape index (κ3) is 1.87. The summed E-state index contributed by atoms with van der Waals surface area (Å²) in [4.78, 5) is 12.3. The molecule has 2 saturated carbocycles. The molecule has 1 amide bonds. The van der Waals surface area contributed by atoms with Crippen LogP contribution in [-0.2, 0) is 4.79 Å². The van der Waals surface area contributed by atoms with Gasteiger partial charge in [0.25, 0.3) is 0 Å². The van der Waals surface area contributed by atoms with Gasteiger partial charge < -0.3 is 16.2 Å². The van der Waals surface area contributed by atoms with E-state index in [9.17, 15) is 9.90 Å². The predicted octanol–water partition coefficient (Wildman–Crippen LogP) is 0.779. The van der Waals surface area contributed by atoms with Crippen molar-refractivity contribution >= 4 is 5.91 Å². The minimum Gasteiger partial charge on any atom is -0.392 e. The van der Waals surface area contributed by atoms with Crippen LogP contribution < -0.4 is 11.1 Å². The van der Waals surface area contributed by atoms with E-state index in [-0.39, 0.29) is 29.5 Å². The minimum absolute atomic E-state index is 0.0318. The van der Waals surface area contributed by atoms with E-state index >= 15 is 0 Å². The highest BCUT2D eigenvalue weighted by atomic mass is 16.3. The molecule has 4 nitrogen and oxygen atoms in total. The topological polar surface area (TPSA) is 75.3 Å². The fourth-order valence-electron chi connectivity index (χ4n) is 2.95. The fourth-order valence-corrected chi connectivity index (χ4v) is 2.95. The van der Waals surface area contributed by atoms with Gasteiger partial charge in [-0.05, 0) is 26.2 Å². The van der Waals surface area contributed by atoms with Gasteiger partial charge in [-0.15, -0.1) is 0 Å². The van der Waals surface area contributed by atoms with E-state index in [4.69, 9.17) is 5.73 Å². The molecule has 2 fully saturated rings. The van der Waals surface area contributed by atoms with Gasteiger partial charge in [-0.2, -0.15) is 0 Å². The van der Waals surface area contributed by atoms with E-state index < -0.39 is 5.41 Å². The molecule has 17 heavy (non-hydrogen) atoms. The van der Waals surface area contributed by atoms with Gasteiger partial charge in [0.2, 0.25) is 5.91 Å². The van der Waals surface area contributed by atoms with E-state index in [0.29, 0.717) is 6.42 Å². The van der Waals surface area contributed by atoms with Gasteiger partial charge >= 0.3 is 0 Å². The first-order valence-corrected chi connectivity index (χ1v) is 6.53. The van der Waals surface area contributed by atoms with Crippen molar-refractivity contribution in [3.63, 3.8) is 0 Å². The van der Waals surface area contributed by atoms with Gasteiger partial charge in [0.1, 0.15) is 0 Å². The maximum Gasteiger partial charge on any atom is 0.227 e. The highest BCUT2D eigenvalue weighted by Crippen LogP contribution is 2.42. The molecule has 0 aromatic carbocycles. The number of aliphatic hydroxyl groups is 1. The second kappa shape index (κ2) is 3.95. The van der Waals surface area contributed by atoms with Gasteiger partial charge in [0, 0.05) is 17.5 Å². The number of hydrogen-bond donors (Lipinski definition) is 3. The molecule has 98 valence electrons. The number of rotatable bonds is 2. The van der Waals surface area contributed by atoms with Gasteiger partial charge in [-0.3, -0.25) is 4.79 Å². The van der Waals surface area contributed by atoms with Crippen LogP contribution in [0.4, 0.5) is 0 Å². The lowest BCUT2D eigenvalue weighted by molar-refractivity contribution is -0.138. The monoisotopic (exact) mass is 240 g/mol. The van der Waals surface area contributed by atoms with Gasteiger partial charge in [-0.1, -0.05) is 20.3 Å². The fraction of sp³-hybridized carbons (Fsp3) is 0.923. The zero-order valence-corrected chi connectivity index (χ0v) is 11.0. The average Bonchev–Trinajstić information content (AvgIpc) is 2.60. The van der Waals surface area contributed by atoms with E-state index in [1.54, 1.807) is 0 Å². The van der Waals surface area contributed by atoms with Crippen LogP contribution in [0.5, 0.6) is 0 Å². The van der Waals surface area contributed by atoms with Crippen molar-refractivity contribution in [3.8, 4) is 0 Å². The minimum atomic E-state index is -0.420. The summed E-state index contributed by atoms with van der Waals surface area (Å²) in [6.45, 7) is 5.94. The molecule has 4 N–H and O–H groups in total. The van der Waals surface area contributed by atoms with Gasteiger partial charge in [0.05, 0.1) is 11.5 Å². The predicted molar refractivity (Wildman–Crippen MR) is 66.3 cm³/mol. The molecule has 0 aromatic heterocycles. The molecule has 0 spiro atoms. The largest absolute Gasteiger partial charge is 0.392 e. The lowest BCUT2D eigenvalue weighted by Crippen LogP contribution is -2.63. The lowest BCUT2D eigenvalue weighted by Gasteiger charge is -2.50. The first-order chi connectivity index (χ1) is 7.78. The zero-order chi connectivity index (χ0) is 12.8. The van der Waals surface area contributed by atoms with E-state index in [2.05, 4.69) is 5.32 Å². The van der Waals surface area contributed by atoms with Crippen molar-refractivity contribution in [2.75, 3.05) is 0 Å². The summed E-state index contributed by atoms with van der Waals surface area (Å²) in [6, 6.07) is 0.0465. The summed E-state index contributed by atoms with van der Waals surface area (Å²) < 4.78 is 0. The van der Waals surface area contributed by atoms with Crippen molar-refractivity contribution in [2.45, 2.75) is 64.6 Å². The Kier molecular flexibility index (Phi) is 2.99. The van der Waals surface area contributed by atoms with Crippen molar-refractivity contribution in [3.05, 3.63) is 0 Å². The molecule has 4 heteroatoms. The molecule has 0 bridgehead atoms. The summed E-state index contributed by atoms with van der Waals surface area (Å²) in [6.07, 6.45) is 3.18. The van der Waals surface area contributed by atoms with Crippen LogP contribution in [0.25, 0.3) is 0 Å². The van der Waals surface area contributed by atoms with Crippen LogP contribution in [0.15, 0.2) is 0 Å². The Balaban J connectivity index is 1.99. The molecule has 2 rings (SSSR count). The highest BCUT2D eigenvalue weighted by Gasteiger charge is 2.51. The van der Waals surface area contributed by atoms with Crippen LogP contribution in [0.2, 0.25) is 0 Å². The Bertz CT molecular complexity index is 329. The number of amides is 1. The summed E-state index contributed by atoms with van der Waals surface area (Å²) in [7, 11) is 0. The molecular formula is C13H24N2O2. The molecule has 0 saturated heterocycles. The Morgan fingerprint density at radius 2 is 2.06 bits per heavy atom. The number of hydrogen-bond acceptors (Lipinski definition) is 3. The maximum atomic E-state index is 12.3. The first-order valence-electron chi connectivity index (χ1n) is 6.53. The average molecular weight is 240 g/mol. The summed E-state index contributed by atoms with van der Waals surface area (Å²) in [5.74, 6) is 0.0625. The standard InChI is InChI=1S/C13H24N2O2/c1-12(2)9(7-10(12)16)15-11(17)13(3)6-4-5-8(13)14/h8-10,16H,4-7,14H2,1-3H3,(H,15,17). The molecule has 0 aliphatic heterocycles. The second-order valence-corrected chi connectivity index (χ2v) is 6.52. The third-order valence-electron chi connectivity index (χ3n) is 5.07. The Labute approximate surface area is 103 Å². The molecule has 4 atom stereocenters. The van der Waals surface area contributed by atoms with Crippen molar-refractivity contribution in [1.29, 1.82) is 0 Å². The molecular weight excluding hydrogens is 216 g/mol. The number of carbonyl (C=O) groups excluding carboxylic acids is 1. The number of nitrogens with two attached hydrogens (primary N) is 1. The van der Waals surface area contributed by atoms with Crippen molar-refractivity contribution in [1.82, 2.24) is 5.32 Å². The quantitative estimate of drug-likeness (QED) is 0.667. The summed E-state index contributed by atoms with van der Waals surface area (Å²) in [5, 5.41) is 12.7. The number of aliphatic hydroxyl groups excluding tert-OH is 1. The van der Waals surface area contributed by atoms with Crippen molar-refractivity contribution < 1.29 is 9.90 Å². The Morgan fingerprint density at radius 3 is 2.47 bits per heavy atom. The van der Waals surface area contributed by atoms with Gasteiger partial charge in [-0.25, -0.2) is 0 Å². The van der Waals surface area contributed by atoms with E-state index in [1.165, 1.54) is 0 Å².